The Morgan fingerprint density at radius 2 is 1.10 bits per heavy atom. The van der Waals surface area contributed by atoms with Gasteiger partial charge in [-0.15, -0.1) is 0 Å². The van der Waals surface area contributed by atoms with Gasteiger partial charge in [0.25, 0.3) is 0 Å². The van der Waals surface area contributed by atoms with E-state index in [1.165, 1.54) is 103 Å². The summed E-state index contributed by atoms with van der Waals surface area (Å²) in [4.78, 5) is 57.0. The first-order chi connectivity index (χ1) is 31.1. The number of fused-ring (bicyclic) bond motifs is 2. The van der Waals surface area contributed by atoms with Crippen LogP contribution in [0.2, 0.25) is 0 Å². The van der Waals surface area contributed by atoms with E-state index >= 15 is 0 Å². The Morgan fingerprint density at radius 3 is 1.54 bits per heavy atom. The molecule has 10 rings (SSSR count). The molecule has 7 unspecified atom stereocenters. The molecular weight excluding hydrogens is 837 g/mol. The molecule has 3 N–H and O–H groups in total. The van der Waals surface area contributed by atoms with Crippen LogP contribution in [0.15, 0.2) is 12.3 Å². The normalized spacial score (nSPS) is 31.7. The highest BCUT2D eigenvalue weighted by Gasteiger charge is 2.55. The quantitative estimate of drug-likeness (QED) is 0.227. The molecule has 12 nitrogen and oxygen atoms in total. The summed E-state index contributed by atoms with van der Waals surface area (Å²) >= 11 is 0. The Labute approximate surface area is 409 Å². The third-order valence-corrected chi connectivity index (χ3v) is 18.7. The van der Waals surface area contributed by atoms with Gasteiger partial charge in [0.15, 0.2) is 0 Å². The van der Waals surface area contributed by atoms with Gasteiger partial charge in [-0.25, -0.2) is 4.79 Å². The molecule has 5 aliphatic heterocycles. The molecule has 5 heterocycles. The lowest BCUT2D eigenvalue weighted by atomic mass is 9.58. The van der Waals surface area contributed by atoms with Crippen LogP contribution in [0.5, 0.6) is 0 Å². The van der Waals surface area contributed by atoms with Gasteiger partial charge in [-0.05, 0) is 151 Å². The van der Waals surface area contributed by atoms with Crippen LogP contribution in [0.1, 0.15) is 134 Å². The SMILES string of the molecule is C.C=C(C)N1CC2(CC(C)C2)C1.CCC(=O)C(C)N1CC2(CC(C)C2)C1.CNC(=O)C(C)C1CC2C(C)C2C1.CNC(=O)C(C)N1CCC2CN(C)CC2C1.CNC(=O)N1CC2(CC(C)C2)C1. The maximum Gasteiger partial charge on any atom is 0.317 e. The van der Waals surface area contributed by atoms with Crippen molar-refractivity contribution < 1.29 is 19.2 Å². The molecule has 4 amide bonds. The van der Waals surface area contributed by atoms with E-state index in [0.717, 1.165) is 78.9 Å². The molecule has 0 radical (unpaired) electrons. The Hall–Kier alpha value is -2.70. The van der Waals surface area contributed by atoms with Crippen LogP contribution in [0.3, 0.4) is 0 Å². The van der Waals surface area contributed by atoms with E-state index in [-0.39, 0.29) is 43.3 Å². The number of likely N-dealkylation sites (tertiary alicyclic amines) is 5. The number of rotatable bonds is 8. The number of piperidine rings is 1. The molecule has 0 aromatic rings. The minimum Gasteiger partial charge on any atom is -0.374 e. The second-order valence-corrected chi connectivity index (χ2v) is 24.6. The Kier molecular flexibility index (Phi) is 18.6. The first-order valence-corrected chi connectivity index (χ1v) is 26.6. The van der Waals surface area contributed by atoms with E-state index in [2.05, 4.69) is 97.6 Å². The third kappa shape index (κ3) is 12.8. The summed E-state index contributed by atoms with van der Waals surface area (Å²) < 4.78 is 0. The zero-order valence-corrected chi connectivity index (χ0v) is 44.1. The van der Waals surface area contributed by atoms with Crippen LogP contribution in [0, 0.1) is 75.4 Å². The van der Waals surface area contributed by atoms with Gasteiger partial charge < -0.3 is 30.7 Å². The summed E-state index contributed by atoms with van der Waals surface area (Å²) in [5.41, 5.74) is 3.14. The Balaban J connectivity index is 0.000000157. The lowest BCUT2D eigenvalue weighted by molar-refractivity contribution is -0.139. The van der Waals surface area contributed by atoms with Crippen LogP contribution in [-0.2, 0) is 14.4 Å². The van der Waals surface area contributed by atoms with Crippen LogP contribution in [-0.4, -0.2) is 154 Å². The summed E-state index contributed by atoms with van der Waals surface area (Å²) in [6, 6.07) is 0.276. The number of likely N-dealkylation sites (N-methyl/N-ethyl adjacent to an activating group) is 1. The number of nitrogens with zero attached hydrogens (tertiary/aromatic N) is 5. The fourth-order valence-corrected chi connectivity index (χ4v) is 14.9. The van der Waals surface area contributed by atoms with Crippen molar-refractivity contribution in [3.63, 3.8) is 0 Å². The first kappa shape index (κ1) is 55.2. The van der Waals surface area contributed by atoms with Crippen LogP contribution >= 0.6 is 0 Å². The predicted molar refractivity (Wildman–Crippen MR) is 274 cm³/mol. The van der Waals surface area contributed by atoms with E-state index in [1.54, 1.807) is 21.1 Å². The molecule has 7 atom stereocenters. The van der Waals surface area contributed by atoms with Gasteiger partial charge in [0.05, 0.1) is 12.1 Å². The summed E-state index contributed by atoms with van der Waals surface area (Å²) in [6.07, 6.45) is 12.8. The molecule has 67 heavy (non-hydrogen) atoms. The van der Waals surface area contributed by atoms with Crippen molar-refractivity contribution in [2.75, 3.05) is 93.6 Å². The number of allylic oxidation sites excluding steroid dienone is 1. The molecule has 0 aromatic heterocycles. The number of urea groups is 1. The van der Waals surface area contributed by atoms with Gasteiger partial charge in [-0.1, -0.05) is 55.5 Å². The van der Waals surface area contributed by atoms with E-state index in [9.17, 15) is 19.2 Å². The summed E-state index contributed by atoms with van der Waals surface area (Å²) in [5, 5.41) is 8.13. The first-order valence-electron chi connectivity index (χ1n) is 26.6. The largest absolute Gasteiger partial charge is 0.374 e. The number of nitrogens with one attached hydrogen (secondary N) is 3. The number of carbonyl (C=O) groups excluding carboxylic acids is 4. The smallest absolute Gasteiger partial charge is 0.317 e. The molecule has 12 heteroatoms. The van der Waals surface area contributed by atoms with Crippen molar-refractivity contribution in [1.82, 2.24) is 40.4 Å². The molecule has 5 saturated carbocycles. The molecule has 10 fully saturated rings. The summed E-state index contributed by atoms with van der Waals surface area (Å²) in [7, 11) is 7.34. The lowest BCUT2D eigenvalue weighted by Gasteiger charge is -2.60. The van der Waals surface area contributed by atoms with Crippen molar-refractivity contribution >= 4 is 23.6 Å². The maximum atomic E-state index is 11.6. The van der Waals surface area contributed by atoms with Crippen molar-refractivity contribution in [1.29, 1.82) is 0 Å². The van der Waals surface area contributed by atoms with Crippen molar-refractivity contribution in [3.05, 3.63) is 12.3 Å². The van der Waals surface area contributed by atoms with Crippen LogP contribution in [0.4, 0.5) is 4.79 Å². The maximum absolute atomic E-state index is 11.6. The molecule has 0 bridgehead atoms. The second-order valence-electron chi connectivity index (χ2n) is 24.6. The Morgan fingerprint density at radius 1 is 0.642 bits per heavy atom. The summed E-state index contributed by atoms with van der Waals surface area (Å²) in [5.74, 6) is 8.94. The molecular formula is C55H100N8O4. The highest BCUT2D eigenvalue weighted by Crippen LogP contribution is 2.60. The van der Waals surface area contributed by atoms with Gasteiger partial charge in [0.1, 0.15) is 5.78 Å². The van der Waals surface area contributed by atoms with Gasteiger partial charge in [0, 0.05) is 109 Å². The zero-order chi connectivity index (χ0) is 48.5. The molecule has 10 aliphatic rings. The Bertz CT molecular complexity index is 1670. The van der Waals surface area contributed by atoms with Crippen LogP contribution < -0.4 is 16.0 Å². The van der Waals surface area contributed by atoms with Gasteiger partial charge >= 0.3 is 6.03 Å². The number of hydrogen-bond donors (Lipinski definition) is 3. The monoisotopic (exact) mass is 937 g/mol. The fraction of sp³-hybridized carbons (Fsp3) is 0.891. The number of ketones is 1. The predicted octanol–water partition coefficient (Wildman–Crippen LogP) is 7.70. The van der Waals surface area contributed by atoms with Crippen LogP contribution in [0.25, 0.3) is 0 Å². The van der Waals surface area contributed by atoms with Crippen molar-refractivity contribution in [3.8, 4) is 0 Å². The molecule has 0 aromatic carbocycles. The van der Waals surface area contributed by atoms with Crippen molar-refractivity contribution in [2.45, 2.75) is 146 Å². The number of carbonyl (C=O) groups is 4. The average Bonchev–Trinajstić information content (AvgIpc) is 3.50. The number of Topliss-reactive ketones (excluding diaryl/α,β-unsaturated/α-hetero) is 1. The molecule has 5 aliphatic carbocycles. The van der Waals surface area contributed by atoms with E-state index in [0.29, 0.717) is 29.0 Å². The third-order valence-electron chi connectivity index (χ3n) is 18.7. The molecule has 5 saturated heterocycles. The summed E-state index contributed by atoms with van der Waals surface area (Å²) in [6.45, 7) is 34.9. The lowest BCUT2D eigenvalue weighted by Crippen LogP contribution is -2.65. The van der Waals surface area contributed by atoms with Gasteiger partial charge in [-0.3, -0.25) is 24.2 Å². The standard InChI is InChI=1S/C12H23N3O.C12H21NO.C11H19NO.C10H17N.C9H16N2O.CH4/c1-9(12(16)13-2)15-5-4-10-6-14(3)7-11(10)8-15;1-4-11(14)10(3)13-7-12(8-13)5-9(2)6-12;1-6(11(13)12-3)8-4-9-7(2)10(9)5-8;1-8(2)11-6-10(7-11)4-9(3)5-10;1-7-3-9(4-7)5-11(6-9)8(12)10-2;/h9-11H,4-8H2,1-3H3,(H,13,16);9-10H,4-8H2,1-3H3;6-10H,4-5H2,1-3H3,(H,12,13);9H,1,4-7H2,2-3H3;7H,3-6H2,1-2H3,(H,10,12);1H4. The second kappa shape index (κ2) is 22.6. The number of hydrogen-bond acceptors (Lipinski definition) is 8. The van der Waals surface area contributed by atoms with E-state index in [4.69, 9.17) is 0 Å². The fourth-order valence-electron chi connectivity index (χ4n) is 14.9. The van der Waals surface area contributed by atoms with E-state index < -0.39 is 0 Å². The number of amides is 4. The van der Waals surface area contributed by atoms with Gasteiger partial charge in [0.2, 0.25) is 11.8 Å². The van der Waals surface area contributed by atoms with Crippen molar-refractivity contribution in [2.24, 2.45) is 75.4 Å². The molecule has 384 valence electrons. The van der Waals surface area contributed by atoms with Gasteiger partial charge in [-0.2, -0.15) is 0 Å². The van der Waals surface area contributed by atoms with E-state index in [1.807, 2.05) is 18.7 Å². The topological polar surface area (TPSA) is 121 Å². The average molecular weight is 937 g/mol. The zero-order valence-electron chi connectivity index (χ0n) is 44.1. The highest BCUT2D eigenvalue weighted by atomic mass is 16.2. The minimum atomic E-state index is 0. The minimum absolute atomic E-state index is 0. The molecule has 3 spiro atoms. The highest BCUT2D eigenvalue weighted by molar-refractivity contribution is 5.83.